The third-order valence-electron chi connectivity index (χ3n) is 4.26. The molecule has 2 heterocycles. The first-order chi connectivity index (χ1) is 10.9. The first kappa shape index (κ1) is 17.4. The zero-order chi connectivity index (χ0) is 17.0. The van der Waals surface area contributed by atoms with Crippen LogP contribution in [0.2, 0.25) is 0 Å². The minimum Gasteiger partial charge on any atom is -0.469 e. The van der Waals surface area contributed by atoms with E-state index in [0.717, 1.165) is 47.4 Å². The molecule has 0 bridgehead atoms. The predicted molar refractivity (Wildman–Crippen MR) is 87.1 cm³/mol. The number of fused-ring (bicyclic) bond motifs is 1. The number of nitrogens with one attached hydrogen (secondary N) is 1. The number of hydrogen-bond donors (Lipinski definition) is 2. The summed E-state index contributed by atoms with van der Waals surface area (Å²) in [5, 5.41) is 3.10. The van der Waals surface area contributed by atoms with Crippen LogP contribution in [-0.4, -0.2) is 50.0 Å². The van der Waals surface area contributed by atoms with E-state index in [1.807, 2.05) is 0 Å². The zero-order valence-electron chi connectivity index (χ0n) is 13.4. The minimum atomic E-state index is -0.506. The van der Waals surface area contributed by atoms with E-state index in [0.29, 0.717) is 23.4 Å². The van der Waals surface area contributed by atoms with Crippen molar-refractivity contribution in [3.8, 4) is 0 Å². The summed E-state index contributed by atoms with van der Waals surface area (Å²) in [5.74, 6) is -0.701. The van der Waals surface area contributed by atoms with Crippen molar-refractivity contribution in [3.05, 3.63) is 16.0 Å². The predicted octanol–water partition coefficient (Wildman–Crippen LogP) is 0.871. The van der Waals surface area contributed by atoms with Crippen molar-refractivity contribution in [2.24, 2.45) is 5.73 Å². The number of methoxy groups -OCH3 is 1. The van der Waals surface area contributed by atoms with Crippen molar-refractivity contribution in [2.45, 2.75) is 25.8 Å². The van der Waals surface area contributed by atoms with E-state index in [2.05, 4.69) is 17.1 Å². The fourth-order valence-corrected chi connectivity index (χ4v) is 4.41. The van der Waals surface area contributed by atoms with E-state index in [-0.39, 0.29) is 5.97 Å². The molecule has 1 aliphatic rings. The fraction of sp³-hybridized carbons (Fsp3) is 0.533. The van der Waals surface area contributed by atoms with Gasteiger partial charge in [-0.1, -0.05) is 0 Å². The highest BCUT2D eigenvalue weighted by Gasteiger charge is 2.34. The Kier molecular flexibility index (Phi) is 5.38. The Labute approximate surface area is 139 Å². The van der Waals surface area contributed by atoms with Gasteiger partial charge in [-0.3, -0.25) is 14.4 Å². The summed E-state index contributed by atoms with van der Waals surface area (Å²) < 4.78 is 5.46. The van der Waals surface area contributed by atoms with Crippen molar-refractivity contribution < 1.29 is 23.6 Å². The lowest BCUT2D eigenvalue weighted by atomic mass is 10.0. The van der Waals surface area contributed by atoms with Gasteiger partial charge in [0.2, 0.25) is 6.41 Å². The maximum atomic E-state index is 11.7. The van der Waals surface area contributed by atoms with E-state index in [4.69, 9.17) is 5.73 Å². The highest BCUT2D eigenvalue weighted by molar-refractivity contribution is 7.16. The van der Waals surface area contributed by atoms with Crippen LogP contribution in [0.4, 0.5) is 5.00 Å². The Morgan fingerprint density at radius 2 is 2.22 bits per heavy atom. The second kappa shape index (κ2) is 7.10. The average Bonchev–Trinajstić information content (AvgIpc) is 2.84. The van der Waals surface area contributed by atoms with Crippen molar-refractivity contribution in [2.75, 3.05) is 32.6 Å². The molecule has 1 atom stereocenters. The number of primary amides is 1. The van der Waals surface area contributed by atoms with Crippen molar-refractivity contribution >= 4 is 34.6 Å². The summed E-state index contributed by atoms with van der Waals surface area (Å²) >= 11 is 1.41. The molecular weight excluding hydrogens is 318 g/mol. The van der Waals surface area contributed by atoms with Gasteiger partial charge in [-0.2, -0.15) is 0 Å². The summed E-state index contributed by atoms with van der Waals surface area (Å²) in [4.78, 5) is 34.7. The standard InChI is InChI=1S/C15H21N3O4S/c1-18(6-3-4-12(20)22-2)7-5-10-11(8-18)23-15(17-9-19)13(10)14(16)21/h9H,3-8H2,1-2H3,(H2-,16,17,19,21)/p+1. The van der Waals surface area contributed by atoms with Gasteiger partial charge in [-0.05, 0) is 5.56 Å². The number of nitrogens with two attached hydrogens (primary N) is 1. The molecule has 7 nitrogen and oxygen atoms in total. The van der Waals surface area contributed by atoms with Crippen LogP contribution >= 0.6 is 11.3 Å². The third-order valence-corrected chi connectivity index (χ3v) is 5.41. The molecule has 1 aromatic rings. The van der Waals surface area contributed by atoms with Gasteiger partial charge in [-0.25, -0.2) is 0 Å². The molecule has 8 heteroatoms. The van der Waals surface area contributed by atoms with E-state index < -0.39 is 5.91 Å². The molecule has 0 aromatic carbocycles. The van der Waals surface area contributed by atoms with Gasteiger partial charge in [0.15, 0.2) is 0 Å². The number of rotatable bonds is 7. The molecule has 126 valence electrons. The second-order valence-corrected chi connectivity index (χ2v) is 7.09. The van der Waals surface area contributed by atoms with Crippen LogP contribution < -0.4 is 11.1 Å². The topological polar surface area (TPSA) is 98.5 Å². The van der Waals surface area contributed by atoms with E-state index in [1.165, 1.54) is 18.4 Å². The van der Waals surface area contributed by atoms with Gasteiger partial charge in [0, 0.05) is 12.8 Å². The molecule has 0 fully saturated rings. The summed E-state index contributed by atoms with van der Waals surface area (Å²) in [7, 11) is 3.53. The molecule has 23 heavy (non-hydrogen) atoms. The first-order valence-electron chi connectivity index (χ1n) is 7.45. The third kappa shape index (κ3) is 3.89. The van der Waals surface area contributed by atoms with Crippen LogP contribution in [-0.2, 0) is 27.3 Å². The van der Waals surface area contributed by atoms with E-state index in [9.17, 15) is 14.4 Å². The number of esters is 1. The highest BCUT2D eigenvalue weighted by Crippen LogP contribution is 2.38. The lowest BCUT2D eigenvalue weighted by molar-refractivity contribution is -0.924. The number of carbonyl (C=O) groups is 3. The Morgan fingerprint density at radius 1 is 1.48 bits per heavy atom. The summed E-state index contributed by atoms with van der Waals surface area (Å²) in [6, 6.07) is 0. The van der Waals surface area contributed by atoms with Crippen LogP contribution in [0.1, 0.15) is 33.6 Å². The Balaban J connectivity index is 2.14. The quantitative estimate of drug-likeness (QED) is 0.437. The van der Waals surface area contributed by atoms with Gasteiger partial charge in [-0.15, -0.1) is 11.3 Å². The van der Waals surface area contributed by atoms with Crippen molar-refractivity contribution in [3.63, 3.8) is 0 Å². The number of hydrogen-bond acceptors (Lipinski definition) is 5. The molecule has 1 aliphatic heterocycles. The van der Waals surface area contributed by atoms with E-state index >= 15 is 0 Å². The van der Waals surface area contributed by atoms with Crippen LogP contribution in [0.15, 0.2) is 0 Å². The molecule has 2 amide bonds. The molecular formula is C15H22N3O4S+. The van der Waals surface area contributed by atoms with E-state index in [1.54, 1.807) is 0 Å². The van der Waals surface area contributed by atoms with Gasteiger partial charge >= 0.3 is 5.97 Å². The number of likely N-dealkylation sites (N-methyl/N-ethyl adjacent to an activating group) is 1. The molecule has 0 spiro atoms. The Morgan fingerprint density at radius 3 is 2.83 bits per heavy atom. The molecule has 0 saturated heterocycles. The van der Waals surface area contributed by atoms with Gasteiger partial charge in [0.25, 0.3) is 5.91 Å². The van der Waals surface area contributed by atoms with Crippen molar-refractivity contribution in [1.29, 1.82) is 0 Å². The van der Waals surface area contributed by atoms with Gasteiger partial charge < -0.3 is 20.3 Å². The number of nitrogens with zero attached hydrogens (tertiary/aromatic N) is 1. The SMILES string of the molecule is COC(=O)CCC[N+]1(C)CCc2c(sc(NC=O)c2C(N)=O)C1. The first-order valence-corrected chi connectivity index (χ1v) is 8.26. The van der Waals surface area contributed by atoms with Gasteiger partial charge in [0.05, 0.1) is 44.1 Å². The normalized spacial score (nSPS) is 19.7. The number of thiophene rings is 1. The lowest BCUT2D eigenvalue weighted by Crippen LogP contribution is -2.48. The molecule has 0 saturated carbocycles. The maximum Gasteiger partial charge on any atom is 0.305 e. The zero-order valence-corrected chi connectivity index (χ0v) is 14.2. The highest BCUT2D eigenvalue weighted by atomic mass is 32.1. The van der Waals surface area contributed by atoms with Gasteiger partial charge in [0.1, 0.15) is 11.5 Å². The molecule has 1 aromatic heterocycles. The maximum absolute atomic E-state index is 11.7. The minimum absolute atomic E-state index is 0.195. The van der Waals surface area contributed by atoms with Crippen LogP contribution in [0.5, 0.6) is 0 Å². The van der Waals surface area contributed by atoms with Crippen LogP contribution in [0, 0.1) is 0 Å². The average molecular weight is 340 g/mol. The lowest BCUT2D eigenvalue weighted by Gasteiger charge is -2.37. The molecule has 3 N–H and O–H groups in total. The monoisotopic (exact) mass is 340 g/mol. The molecule has 2 rings (SSSR count). The number of amides is 2. The number of carbonyl (C=O) groups excluding carboxylic acids is 3. The molecule has 1 unspecified atom stereocenters. The Hall–Kier alpha value is -1.93. The smallest absolute Gasteiger partial charge is 0.305 e. The second-order valence-electron chi connectivity index (χ2n) is 5.99. The number of ether oxygens (including phenoxy) is 1. The van der Waals surface area contributed by atoms with Crippen LogP contribution in [0.25, 0.3) is 0 Å². The van der Waals surface area contributed by atoms with Crippen molar-refractivity contribution in [1.82, 2.24) is 0 Å². The number of anilines is 1. The summed E-state index contributed by atoms with van der Waals surface area (Å²) in [5.41, 5.74) is 6.86. The fourth-order valence-electron chi connectivity index (χ4n) is 3.03. The summed E-state index contributed by atoms with van der Waals surface area (Å²) in [6.07, 6.45) is 2.46. The molecule has 0 aliphatic carbocycles. The van der Waals surface area contributed by atoms with Crippen LogP contribution in [0.3, 0.4) is 0 Å². The Bertz CT molecular complexity index is 628. The number of quaternary nitrogens is 1. The molecule has 0 radical (unpaired) electrons. The summed E-state index contributed by atoms with van der Waals surface area (Å²) in [6.45, 7) is 2.49. The largest absolute Gasteiger partial charge is 0.469 e.